The molecule has 6 heteroatoms. The van der Waals surface area contributed by atoms with Crippen LogP contribution in [0.3, 0.4) is 0 Å². The first-order valence-corrected chi connectivity index (χ1v) is 5.88. The number of nitrogens with one attached hydrogen (secondary N) is 1. The van der Waals surface area contributed by atoms with Gasteiger partial charge in [-0.3, -0.25) is 0 Å². The molecule has 0 aromatic heterocycles. The lowest BCUT2D eigenvalue weighted by Crippen LogP contribution is -2.47. The monoisotopic (exact) mass is 246 g/mol. The van der Waals surface area contributed by atoms with Crippen LogP contribution in [-0.4, -0.2) is 53.4 Å². The Bertz CT molecular complexity index is 246. The molecule has 17 heavy (non-hydrogen) atoms. The molecule has 0 saturated heterocycles. The zero-order valence-electron chi connectivity index (χ0n) is 10.5. The molecule has 0 aromatic rings. The van der Waals surface area contributed by atoms with E-state index in [0.717, 1.165) is 19.3 Å². The van der Waals surface area contributed by atoms with Crippen LogP contribution in [0.4, 0.5) is 4.79 Å². The van der Waals surface area contributed by atoms with Gasteiger partial charge in [0.2, 0.25) is 0 Å². The highest BCUT2D eigenvalue weighted by Crippen LogP contribution is 1.98. The molecule has 100 valence electrons. The zero-order valence-corrected chi connectivity index (χ0v) is 10.5. The highest BCUT2D eigenvalue weighted by atomic mass is 16.4. The number of nitrogens with zero attached hydrogens (tertiary/aromatic N) is 1. The lowest BCUT2D eigenvalue weighted by atomic mass is 10.2. The maximum Gasteiger partial charge on any atom is 0.326 e. The van der Waals surface area contributed by atoms with E-state index >= 15 is 0 Å². The first-order chi connectivity index (χ1) is 8.02. The van der Waals surface area contributed by atoms with Gasteiger partial charge in [-0.25, -0.2) is 9.59 Å². The maximum atomic E-state index is 11.6. The van der Waals surface area contributed by atoms with Gasteiger partial charge in [-0.2, -0.15) is 0 Å². The van der Waals surface area contributed by atoms with Crippen molar-refractivity contribution in [1.82, 2.24) is 10.2 Å². The number of unbranched alkanes of at least 4 members (excludes halogenated alkanes) is 2. The molecule has 0 saturated carbocycles. The number of amides is 2. The lowest BCUT2D eigenvalue weighted by Gasteiger charge is -2.20. The Morgan fingerprint density at radius 2 is 2.00 bits per heavy atom. The first-order valence-electron chi connectivity index (χ1n) is 5.88. The molecule has 0 aromatic carbocycles. The largest absolute Gasteiger partial charge is 0.480 e. The fourth-order valence-corrected chi connectivity index (χ4v) is 1.35. The minimum Gasteiger partial charge on any atom is -0.480 e. The van der Waals surface area contributed by atoms with Crippen molar-refractivity contribution in [2.24, 2.45) is 0 Å². The topological polar surface area (TPSA) is 89.9 Å². The highest BCUT2D eigenvalue weighted by molar-refractivity contribution is 5.82. The Hall–Kier alpha value is -1.30. The minimum absolute atomic E-state index is 0.0177. The van der Waals surface area contributed by atoms with Crippen LogP contribution < -0.4 is 5.32 Å². The van der Waals surface area contributed by atoms with E-state index in [1.54, 1.807) is 7.05 Å². The molecule has 0 aliphatic rings. The van der Waals surface area contributed by atoms with Crippen molar-refractivity contribution in [2.45, 2.75) is 38.6 Å². The second-order valence-corrected chi connectivity index (χ2v) is 3.98. The Labute approximate surface area is 102 Å². The average molecular weight is 246 g/mol. The number of aliphatic hydroxyl groups excluding tert-OH is 1. The van der Waals surface area contributed by atoms with Gasteiger partial charge in [0, 0.05) is 26.6 Å². The van der Waals surface area contributed by atoms with Crippen molar-refractivity contribution in [1.29, 1.82) is 0 Å². The number of urea groups is 1. The Morgan fingerprint density at radius 1 is 1.35 bits per heavy atom. The number of carboxylic acids is 1. The molecule has 0 heterocycles. The number of hydrogen-bond acceptors (Lipinski definition) is 3. The van der Waals surface area contributed by atoms with Crippen LogP contribution in [0.25, 0.3) is 0 Å². The van der Waals surface area contributed by atoms with Gasteiger partial charge in [-0.1, -0.05) is 19.8 Å². The molecule has 2 amide bonds. The summed E-state index contributed by atoms with van der Waals surface area (Å²) in [4.78, 5) is 23.8. The lowest BCUT2D eigenvalue weighted by molar-refractivity contribution is -0.139. The van der Waals surface area contributed by atoms with Crippen molar-refractivity contribution in [3.63, 3.8) is 0 Å². The van der Waals surface area contributed by atoms with Crippen molar-refractivity contribution in [3.8, 4) is 0 Å². The molecular formula is C11H22N2O4. The molecule has 0 spiro atoms. The maximum absolute atomic E-state index is 11.6. The number of hydrogen-bond donors (Lipinski definition) is 3. The summed E-state index contributed by atoms with van der Waals surface area (Å²) in [5.41, 5.74) is 0. The van der Waals surface area contributed by atoms with E-state index < -0.39 is 18.0 Å². The normalized spacial score (nSPS) is 11.9. The predicted octanol–water partition coefficient (Wildman–Crippen LogP) is 0.654. The number of carbonyl (C=O) groups is 2. The molecule has 0 rings (SSSR count). The van der Waals surface area contributed by atoms with E-state index in [-0.39, 0.29) is 13.0 Å². The van der Waals surface area contributed by atoms with Gasteiger partial charge >= 0.3 is 12.0 Å². The van der Waals surface area contributed by atoms with Crippen LogP contribution in [-0.2, 0) is 4.79 Å². The number of aliphatic carboxylic acids is 1. The molecule has 0 unspecified atom stereocenters. The summed E-state index contributed by atoms with van der Waals surface area (Å²) < 4.78 is 0. The molecule has 0 fully saturated rings. The molecule has 0 radical (unpaired) electrons. The molecule has 1 atom stereocenters. The van der Waals surface area contributed by atoms with Crippen molar-refractivity contribution in [3.05, 3.63) is 0 Å². The third-order valence-electron chi connectivity index (χ3n) is 2.46. The van der Waals surface area contributed by atoms with Crippen LogP contribution in [0, 0.1) is 0 Å². The van der Waals surface area contributed by atoms with E-state index in [0.29, 0.717) is 6.54 Å². The van der Waals surface area contributed by atoms with Crippen molar-refractivity contribution in [2.75, 3.05) is 20.2 Å². The van der Waals surface area contributed by atoms with Gasteiger partial charge in [-0.15, -0.1) is 0 Å². The average Bonchev–Trinajstić information content (AvgIpc) is 2.28. The van der Waals surface area contributed by atoms with Gasteiger partial charge in [0.1, 0.15) is 6.04 Å². The van der Waals surface area contributed by atoms with Crippen molar-refractivity contribution >= 4 is 12.0 Å². The second kappa shape index (κ2) is 8.81. The van der Waals surface area contributed by atoms with Crippen LogP contribution in [0.5, 0.6) is 0 Å². The number of carboxylic acid groups (broad SMARTS) is 1. The smallest absolute Gasteiger partial charge is 0.326 e. The van der Waals surface area contributed by atoms with Crippen LogP contribution in [0.1, 0.15) is 32.6 Å². The van der Waals surface area contributed by atoms with Gasteiger partial charge in [-0.05, 0) is 6.42 Å². The summed E-state index contributed by atoms with van der Waals surface area (Å²) in [5, 5.41) is 19.9. The van der Waals surface area contributed by atoms with E-state index in [1.807, 2.05) is 0 Å². The van der Waals surface area contributed by atoms with E-state index in [4.69, 9.17) is 10.2 Å². The van der Waals surface area contributed by atoms with Crippen LogP contribution in [0.15, 0.2) is 0 Å². The number of rotatable bonds is 8. The molecule has 0 aliphatic carbocycles. The van der Waals surface area contributed by atoms with E-state index in [2.05, 4.69) is 12.2 Å². The third kappa shape index (κ3) is 6.78. The quantitative estimate of drug-likeness (QED) is 0.549. The minimum atomic E-state index is -1.13. The van der Waals surface area contributed by atoms with Crippen LogP contribution >= 0.6 is 0 Å². The van der Waals surface area contributed by atoms with Crippen molar-refractivity contribution < 1.29 is 19.8 Å². The predicted molar refractivity (Wildman–Crippen MR) is 63.8 cm³/mol. The van der Waals surface area contributed by atoms with Gasteiger partial charge in [0.25, 0.3) is 0 Å². The van der Waals surface area contributed by atoms with Gasteiger partial charge in [0.05, 0.1) is 0 Å². The molecule has 6 nitrogen and oxygen atoms in total. The highest BCUT2D eigenvalue weighted by Gasteiger charge is 2.20. The Morgan fingerprint density at radius 3 is 2.47 bits per heavy atom. The second-order valence-electron chi connectivity index (χ2n) is 3.98. The Balaban J connectivity index is 4.06. The first kappa shape index (κ1) is 15.7. The SMILES string of the molecule is CCCCCN(C)C(=O)N[C@@H](CCO)C(=O)O. The van der Waals surface area contributed by atoms with E-state index in [9.17, 15) is 9.59 Å². The number of aliphatic hydroxyl groups is 1. The number of carbonyl (C=O) groups excluding carboxylic acids is 1. The standard InChI is InChI=1S/C11H22N2O4/c1-3-4-5-7-13(2)11(17)12-9(6-8-14)10(15)16/h9,14H,3-8H2,1-2H3,(H,12,17)(H,15,16)/t9-/m0/s1. The summed E-state index contributed by atoms with van der Waals surface area (Å²) >= 11 is 0. The molecule has 3 N–H and O–H groups in total. The van der Waals surface area contributed by atoms with E-state index in [1.165, 1.54) is 4.90 Å². The molecular weight excluding hydrogens is 224 g/mol. The summed E-state index contributed by atoms with van der Waals surface area (Å²) in [7, 11) is 1.63. The fraction of sp³-hybridized carbons (Fsp3) is 0.818. The van der Waals surface area contributed by atoms with Gasteiger partial charge < -0.3 is 20.4 Å². The summed E-state index contributed by atoms with van der Waals surface area (Å²) in [6.45, 7) is 2.41. The Kier molecular flexibility index (Phi) is 8.13. The molecule has 0 bridgehead atoms. The van der Waals surface area contributed by atoms with Crippen LogP contribution in [0.2, 0.25) is 0 Å². The fourth-order valence-electron chi connectivity index (χ4n) is 1.35. The van der Waals surface area contributed by atoms with Gasteiger partial charge in [0.15, 0.2) is 0 Å². The zero-order chi connectivity index (χ0) is 13.3. The third-order valence-corrected chi connectivity index (χ3v) is 2.46. The summed E-state index contributed by atoms with van der Waals surface area (Å²) in [6.07, 6.45) is 3.02. The molecule has 0 aliphatic heterocycles. The summed E-state index contributed by atoms with van der Waals surface area (Å²) in [5.74, 6) is -1.13. The summed E-state index contributed by atoms with van der Waals surface area (Å²) in [6, 6.07) is -1.44.